The van der Waals surface area contributed by atoms with Gasteiger partial charge in [-0.1, -0.05) is 33.6 Å². The molecule has 0 radical (unpaired) electrons. The Morgan fingerprint density at radius 2 is 1.94 bits per heavy atom. The van der Waals surface area contributed by atoms with Gasteiger partial charge in [0.25, 0.3) is 0 Å². The van der Waals surface area contributed by atoms with E-state index in [0.29, 0.717) is 18.9 Å². The third-order valence-electron chi connectivity index (χ3n) is 3.58. The smallest absolute Gasteiger partial charge is 0.245 e. The molecule has 1 heterocycles. The van der Waals surface area contributed by atoms with Gasteiger partial charge in [-0.05, 0) is 25.7 Å². The Bertz CT molecular complexity index is 302. The van der Waals surface area contributed by atoms with E-state index in [4.69, 9.17) is 0 Å². The maximum absolute atomic E-state index is 12.2. The van der Waals surface area contributed by atoms with E-state index < -0.39 is 0 Å². The number of hydrogen-bond donors (Lipinski definition) is 1. The van der Waals surface area contributed by atoms with Crippen molar-refractivity contribution in [3.05, 3.63) is 0 Å². The molecular formula is C14H26N2O2. The molecule has 0 aromatic carbocycles. The van der Waals surface area contributed by atoms with Gasteiger partial charge in [-0.3, -0.25) is 9.59 Å². The SMILES string of the molecule is CCC1NC(=O)C(C)N(CCCCC(C)C)C1=O. The molecule has 1 rings (SSSR count). The molecule has 0 saturated carbocycles. The third kappa shape index (κ3) is 3.72. The summed E-state index contributed by atoms with van der Waals surface area (Å²) in [5.41, 5.74) is 0. The number of rotatable bonds is 6. The summed E-state index contributed by atoms with van der Waals surface area (Å²) in [5.74, 6) is 0.755. The van der Waals surface area contributed by atoms with Crippen LogP contribution in [0.3, 0.4) is 0 Å². The summed E-state index contributed by atoms with van der Waals surface area (Å²) in [6.07, 6.45) is 3.95. The number of amides is 2. The summed E-state index contributed by atoms with van der Waals surface area (Å²) in [7, 11) is 0. The average molecular weight is 254 g/mol. The summed E-state index contributed by atoms with van der Waals surface area (Å²) < 4.78 is 0. The highest BCUT2D eigenvalue weighted by Gasteiger charge is 2.36. The highest BCUT2D eigenvalue weighted by atomic mass is 16.2. The van der Waals surface area contributed by atoms with E-state index in [1.54, 1.807) is 4.90 Å². The summed E-state index contributed by atoms with van der Waals surface area (Å²) >= 11 is 0. The van der Waals surface area contributed by atoms with Crippen molar-refractivity contribution < 1.29 is 9.59 Å². The van der Waals surface area contributed by atoms with E-state index in [0.717, 1.165) is 12.8 Å². The van der Waals surface area contributed by atoms with Crippen molar-refractivity contribution in [1.82, 2.24) is 10.2 Å². The predicted octanol–water partition coefficient (Wildman–Crippen LogP) is 1.94. The molecule has 4 heteroatoms. The van der Waals surface area contributed by atoms with Crippen molar-refractivity contribution in [2.24, 2.45) is 5.92 Å². The molecule has 2 atom stereocenters. The Kier molecular flexibility index (Phi) is 5.63. The number of unbranched alkanes of at least 4 members (excludes halogenated alkanes) is 1. The Morgan fingerprint density at radius 3 is 2.50 bits per heavy atom. The lowest BCUT2D eigenvalue weighted by molar-refractivity contribution is -0.148. The zero-order valence-electron chi connectivity index (χ0n) is 12.0. The maximum atomic E-state index is 12.2. The molecule has 0 aliphatic carbocycles. The lowest BCUT2D eigenvalue weighted by Crippen LogP contribution is -2.62. The van der Waals surface area contributed by atoms with Crippen molar-refractivity contribution >= 4 is 11.8 Å². The fourth-order valence-electron chi connectivity index (χ4n) is 2.30. The molecule has 1 aliphatic rings. The minimum absolute atomic E-state index is 0.0229. The van der Waals surface area contributed by atoms with Crippen LogP contribution in [0.2, 0.25) is 0 Å². The second-order valence-corrected chi connectivity index (χ2v) is 5.57. The van der Waals surface area contributed by atoms with Crippen molar-refractivity contribution in [2.75, 3.05) is 6.54 Å². The van der Waals surface area contributed by atoms with Crippen molar-refractivity contribution in [2.45, 2.75) is 65.5 Å². The van der Waals surface area contributed by atoms with Crippen LogP contribution in [-0.4, -0.2) is 35.3 Å². The second kappa shape index (κ2) is 6.76. The number of piperazine rings is 1. The van der Waals surface area contributed by atoms with Gasteiger partial charge in [0.05, 0.1) is 0 Å². The minimum Gasteiger partial charge on any atom is -0.343 e. The molecule has 0 aromatic heterocycles. The van der Waals surface area contributed by atoms with Gasteiger partial charge in [-0.2, -0.15) is 0 Å². The standard InChI is InChI=1S/C14H26N2O2/c1-5-12-14(18)16(11(4)13(17)15-12)9-7-6-8-10(2)3/h10-12H,5-9H2,1-4H3,(H,15,17). The molecule has 4 nitrogen and oxygen atoms in total. The highest BCUT2D eigenvalue weighted by Crippen LogP contribution is 2.14. The predicted molar refractivity (Wildman–Crippen MR) is 72.1 cm³/mol. The van der Waals surface area contributed by atoms with E-state index in [-0.39, 0.29) is 23.9 Å². The van der Waals surface area contributed by atoms with Gasteiger partial charge >= 0.3 is 0 Å². The van der Waals surface area contributed by atoms with Gasteiger partial charge in [0.1, 0.15) is 12.1 Å². The first-order valence-corrected chi connectivity index (χ1v) is 7.08. The van der Waals surface area contributed by atoms with E-state index >= 15 is 0 Å². The van der Waals surface area contributed by atoms with E-state index in [2.05, 4.69) is 19.2 Å². The molecule has 1 N–H and O–H groups in total. The van der Waals surface area contributed by atoms with Crippen LogP contribution in [0.1, 0.15) is 53.4 Å². The molecule has 1 saturated heterocycles. The van der Waals surface area contributed by atoms with Crippen LogP contribution in [0.15, 0.2) is 0 Å². The first-order chi connectivity index (χ1) is 8.47. The normalized spacial score (nSPS) is 24.6. The van der Waals surface area contributed by atoms with Gasteiger partial charge in [-0.15, -0.1) is 0 Å². The number of carbonyl (C=O) groups excluding carboxylic acids is 2. The Labute approximate surface area is 110 Å². The Hall–Kier alpha value is -1.06. The number of nitrogens with zero attached hydrogens (tertiary/aromatic N) is 1. The quantitative estimate of drug-likeness (QED) is 0.736. The van der Waals surface area contributed by atoms with Crippen molar-refractivity contribution in [3.63, 3.8) is 0 Å². The van der Waals surface area contributed by atoms with Crippen LogP contribution in [0.25, 0.3) is 0 Å². The van der Waals surface area contributed by atoms with Gasteiger partial charge in [0.15, 0.2) is 0 Å². The summed E-state index contributed by atoms with van der Waals surface area (Å²) in [5, 5.41) is 2.77. The zero-order valence-corrected chi connectivity index (χ0v) is 12.0. The highest BCUT2D eigenvalue weighted by molar-refractivity contribution is 5.96. The lowest BCUT2D eigenvalue weighted by Gasteiger charge is -2.37. The van der Waals surface area contributed by atoms with Crippen LogP contribution < -0.4 is 5.32 Å². The van der Waals surface area contributed by atoms with Gasteiger partial charge in [-0.25, -0.2) is 0 Å². The molecule has 18 heavy (non-hydrogen) atoms. The van der Waals surface area contributed by atoms with E-state index in [1.165, 1.54) is 6.42 Å². The molecule has 2 unspecified atom stereocenters. The Morgan fingerprint density at radius 1 is 1.28 bits per heavy atom. The topological polar surface area (TPSA) is 49.4 Å². The molecule has 0 spiro atoms. The van der Waals surface area contributed by atoms with Crippen LogP contribution >= 0.6 is 0 Å². The first-order valence-electron chi connectivity index (χ1n) is 7.08. The first kappa shape index (κ1) is 15.0. The van der Waals surface area contributed by atoms with Crippen molar-refractivity contribution in [3.8, 4) is 0 Å². The zero-order chi connectivity index (χ0) is 13.7. The second-order valence-electron chi connectivity index (χ2n) is 5.57. The summed E-state index contributed by atoms with van der Waals surface area (Å²) in [6, 6.07) is -0.641. The third-order valence-corrected chi connectivity index (χ3v) is 3.58. The maximum Gasteiger partial charge on any atom is 0.245 e. The van der Waals surface area contributed by atoms with Gasteiger partial charge < -0.3 is 10.2 Å². The number of carbonyl (C=O) groups is 2. The number of hydrogen-bond acceptors (Lipinski definition) is 2. The van der Waals surface area contributed by atoms with Crippen LogP contribution in [0.5, 0.6) is 0 Å². The van der Waals surface area contributed by atoms with E-state index in [1.807, 2.05) is 13.8 Å². The molecule has 104 valence electrons. The number of nitrogens with one attached hydrogen (secondary N) is 1. The molecule has 1 aliphatic heterocycles. The van der Waals surface area contributed by atoms with Crippen LogP contribution in [-0.2, 0) is 9.59 Å². The van der Waals surface area contributed by atoms with E-state index in [9.17, 15) is 9.59 Å². The minimum atomic E-state index is -0.321. The van der Waals surface area contributed by atoms with Gasteiger partial charge in [0.2, 0.25) is 11.8 Å². The fourth-order valence-corrected chi connectivity index (χ4v) is 2.30. The molecular weight excluding hydrogens is 228 g/mol. The summed E-state index contributed by atoms with van der Waals surface area (Å²) in [6.45, 7) is 8.85. The molecule has 0 bridgehead atoms. The molecule has 2 amide bonds. The van der Waals surface area contributed by atoms with Gasteiger partial charge in [0, 0.05) is 6.54 Å². The molecule has 1 fully saturated rings. The fraction of sp³-hybridized carbons (Fsp3) is 0.857. The largest absolute Gasteiger partial charge is 0.343 e. The Balaban J connectivity index is 2.49. The average Bonchev–Trinajstić information content (AvgIpc) is 2.32. The monoisotopic (exact) mass is 254 g/mol. The molecule has 0 aromatic rings. The summed E-state index contributed by atoms with van der Waals surface area (Å²) in [4.78, 5) is 25.7. The van der Waals surface area contributed by atoms with Crippen molar-refractivity contribution in [1.29, 1.82) is 0 Å². The van der Waals surface area contributed by atoms with Crippen LogP contribution in [0, 0.1) is 5.92 Å². The van der Waals surface area contributed by atoms with Crippen LogP contribution in [0.4, 0.5) is 0 Å². The lowest BCUT2D eigenvalue weighted by atomic mass is 10.0.